The number of aliphatic hydroxyl groups excluding tert-OH is 1. The second-order valence-electron chi connectivity index (χ2n) is 4.48. The van der Waals surface area contributed by atoms with Crippen LogP contribution < -0.4 is 0 Å². The van der Waals surface area contributed by atoms with Gasteiger partial charge >= 0.3 is 0 Å². The number of hydrogen-bond acceptors (Lipinski definition) is 2. The lowest BCUT2D eigenvalue weighted by molar-refractivity contribution is 0.267. The van der Waals surface area contributed by atoms with Crippen LogP contribution in [-0.4, -0.2) is 14.7 Å². The first-order valence-electron chi connectivity index (χ1n) is 5.39. The van der Waals surface area contributed by atoms with Gasteiger partial charge < -0.3 is 9.67 Å². The molecule has 0 radical (unpaired) electrons. The number of hydrogen-bond donors (Lipinski definition) is 1. The normalized spacial score (nSPS) is 27.0. The van der Waals surface area contributed by atoms with Crippen molar-refractivity contribution in [3.8, 4) is 0 Å². The molecule has 78 valence electrons. The van der Waals surface area contributed by atoms with Crippen LogP contribution in [-0.2, 0) is 13.2 Å². The maximum absolute atomic E-state index is 9.07. The lowest BCUT2D eigenvalue weighted by atomic mass is 10.1. The molecule has 2 atom stereocenters. The van der Waals surface area contributed by atoms with Crippen molar-refractivity contribution in [3.05, 3.63) is 18.2 Å². The molecule has 1 heterocycles. The Morgan fingerprint density at radius 2 is 2.43 bits per heavy atom. The molecule has 2 rings (SSSR count). The maximum atomic E-state index is 9.07. The Hall–Kier alpha value is -0.830. The average Bonchev–Trinajstić information content (AvgIpc) is 2.76. The van der Waals surface area contributed by atoms with E-state index in [0.717, 1.165) is 24.1 Å². The van der Waals surface area contributed by atoms with Crippen LogP contribution in [0.3, 0.4) is 0 Å². The van der Waals surface area contributed by atoms with E-state index >= 15 is 0 Å². The topological polar surface area (TPSA) is 38.0 Å². The average molecular weight is 194 g/mol. The van der Waals surface area contributed by atoms with Crippen molar-refractivity contribution < 1.29 is 5.11 Å². The lowest BCUT2D eigenvalue weighted by Crippen LogP contribution is -2.09. The highest BCUT2D eigenvalue weighted by atomic mass is 16.3. The summed E-state index contributed by atoms with van der Waals surface area (Å²) in [6.07, 6.45) is 7.58. The van der Waals surface area contributed by atoms with Gasteiger partial charge in [0.05, 0.1) is 24.8 Å². The summed E-state index contributed by atoms with van der Waals surface area (Å²) in [7, 11) is 0. The molecule has 0 bridgehead atoms. The summed E-state index contributed by atoms with van der Waals surface area (Å²) in [6.45, 7) is 3.45. The minimum Gasteiger partial charge on any atom is -0.390 e. The molecule has 1 fully saturated rings. The van der Waals surface area contributed by atoms with Crippen LogP contribution in [0, 0.1) is 11.8 Å². The first kappa shape index (κ1) is 9.71. The molecule has 0 aromatic carbocycles. The summed E-state index contributed by atoms with van der Waals surface area (Å²) in [5.74, 6) is 1.66. The van der Waals surface area contributed by atoms with Crippen LogP contribution in [0.25, 0.3) is 0 Å². The molecule has 3 nitrogen and oxygen atoms in total. The fourth-order valence-corrected chi connectivity index (χ4v) is 2.41. The molecule has 0 aliphatic heterocycles. The molecule has 0 amide bonds. The van der Waals surface area contributed by atoms with Gasteiger partial charge in [0.1, 0.15) is 0 Å². The van der Waals surface area contributed by atoms with Gasteiger partial charge in [0.15, 0.2) is 0 Å². The van der Waals surface area contributed by atoms with E-state index in [1.54, 1.807) is 6.20 Å². The molecule has 1 aromatic heterocycles. The number of aliphatic hydroxyl groups is 1. The van der Waals surface area contributed by atoms with E-state index in [0.29, 0.717) is 0 Å². The Bertz CT molecular complexity index is 295. The Morgan fingerprint density at radius 1 is 1.57 bits per heavy atom. The molecular formula is C11H18N2O. The van der Waals surface area contributed by atoms with Gasteiger partial charge in [-0.1, -0.05) is 13.3 Å². The summed E-state index contributed by atoms with van der Waals surface area (Å²) in [6, 6.07) is 0. The number of aromatic nitrogens is 2. The van der Waals surface area contributed by atoms with Crippen LogP contribution in [0.5, 0.6) is 0 Å². The zero-order valence-corrected chi connectivity index (χ0v) is 8.69. The van der Waals surface area contributed by atoms with Crippen LogP contribution in [0.1, 0.15) is 31.9 Å². The Morgan fingerprint density at radius 3 is 3.07 bits per heavy atom. The van der Waals surface area contributed by atoms with Gasteiger partial charge in [0, 0.05) is 6.54 Å². The SMILES string of the molecule is CC1CCC(Cn2cncc2CO)C1. The Labute approximate surface area is 84.8 Å². The van der Waals surface area contributed by atoms with Gasteiger partial charge in [-0.25, -0.2) is 4.98 Å². The van der Waals surface area contributed by atoms with Crippen molar-refractivity contribution in [2.45, 2.75) is 39.3 Å². The highest BCUT2D eigenvalue weighted by molar-refractivity contribution is 4.96. The van der Waals surface area contributed by atoms with E-state index < -0.39 is 0 Å². The standard InChI is InChI=1S/C11H18N2O/c1-9-2-3-10(4-9)6-13-8-12-5-11(13)7-14/h5,8-10,14H,2-4,6-7H2,1H3. The van der Waals surface area contributed by atoms with Gasteiger partial charge in [-0.3, -0.25) is 0 Å². The van der Waals surface area contributed by atoms with Crippen molar-refractivity contribution in [2.75, 3.05) is 0 Å². The van der Waals surface area contributed by atoms with Crippen molar-refractivity contribution in [2.24, 2.45) is 11.8 Å². The van der Waals surface area contributed by atoms with E-state index in [4.69, 9.17) is 5.11 Å². The van der Waals surface area contributed by atoms with Gasteiger partial charge in [-0.15, -0.1) is 0 Å². The summed E-state index contributed by atoms with van der Waals surface area (Å²) in [5, 5.41) is 9.07. The zero-order chi connectivity index (χ0) is 9.97. The van der Waals surface area contributed by atoms with E-state index in [1.165, 1.54) is 19.3 Å². The summed E-state index contributed by atoms with van der Waals surface area (Å²) < 4.78 is 2.09. The monoisotopic (exact) mass is 194 g/mol. The molecule has 1 aromatic rings. The third-order valence-corrected chi connectivity index (χ3v) is 3.22. The minimum atomic E-state index is 0.0995. The van der Waals surface area contributed by atoms with E-state index in [1.807, 2.05) is 6.33 Å². The first-order chi connectivity index (χ1) is 6.79. The number of nitrogens with zero attached hydrogens (tertiary/aromatic N) is 2. The molecule has 1 saturated carbocycles. The molecule has 0 saturated heterocycles. The molecule has 2 unspecified atom stereocenters. The van der Waals surface area contributed by atoms with Crippen LogP contribution in [0.15, 0.2) is 12.5 Å². The molecule has 1 aliphatic rings. The molecule has 1 aliphatic carbocycles. The van der Waals surface area contributed by atoms with Crippen molar-refractivity contribution in [1.82, 2.24) is 9.55 Å². The van der Waals surface area contributed by atoms with Crippen molar-refractivity contribution in [3.63, 3.8) is 0 Å². The molecule has 0 spiro atoms. The largest absolute Gasteiger partial charge is 0.390 e. The van der Waals surface area contributed by atoms with Crippen LogP contribution in [0.2, 0.25) is 0 Å². The number of imidazole rings is 1. The zero-order valence-electron chi connectivity index (χ0n) is 8.69. The van der Waals surface area contributed by atoms with Crippen LogP contribution in [0.4, 0.5) is 0 Å². The maximum Gasteiger partial charge on any atom is 0.0948 e. The minimum absolute atomic E-state index is 0.0995. The second-order valence-corrected chi connectivity index (χ2v) is 4.48. The fraction of sp³-hybridized carbons (Fsp3) is 0.727. The van der Waals surface area contributed by atoms with E-state index in [-0.39, 0.29) is 6.61 Å². The molecule has 1 N–H and O–H groups in total. The first-order valence-corrected chi connectivity index (χ1v) is 5.39. The quantitative estimate of drug-likeness (QED) is 0.797. The predicted molar refractivity (Wildman–Crippen MR) is 54.7 cm³/mol. The Balaban J connectivity index is 1.97. The van der Waals surface area contributed by atoms with Gasteiger partial charge in [-0.05, 0) is 24.7 Å². The predicted octanol–water partition coefficient (Wildman–Crippen LogP) is 1.81. The summed E-state index contributed by atoms with van der Waals surface area (Å²) >= 11 is 0. The summed E-state index contributed by atoms with van der Waals surface area (Å²) in [5.41, 5.74) is 0.935. The van der Waals surface area contributed by atoms with Crippen molar-refractivity contribution >= 4 is 0 Å². The molecular weight excluding hydrogens is 176 g/mol. The lowest BCUT2D eigenvalue weighted by Gasteiger charge is -2.12. The van der Waals surface area contributed by atoms with Gasteiger partial charge in [0.25, 0.3) is 0 Å². The Kier molecular flexibility index (Phi) is 2.87. The third kappa shape index (κ3) is 1.98. The highest BCUT2D eigenvalue weighted by Crippen LogP contribution is 2.31. The smallest absolute Gasteiger partial charge is 0.0948 e. The van der Waals surface area contributed by atoms with E-state index in [2.05, 4.69) is 16.5 Å². The summed E-state index contributed by atoms with van der Waals surface area (Å²) in [4.78, 5) is 4.06. The van der Waals surface area contributed by atoms with Crippen molar-refractivity contribution in [1.29, 1.82) is 0 Å². The molecule has 3 heteroatoms. The highest BCUT2D eigenvalue weighted by Gasteiger charge is 2.21. The van der Waals surface area contributed by atoms with Gasteiger partial charge in [-0.2, -0.15) is 0 Å². The number of rotatable bonds is 3. The third-order valence-electron chi connectivity index (χ3n) is 3.22. The second kappa shape index (κ2) is 4.13. The van der Waals surface area contributed by atoms with Crippen LogP contribution >= 0.6 is 0 Å². The van der Waals surface area contributed by atoms with E-state index in [9.17, 15) is 0 Å². The fourth-order valence-electron chi connectivity index (χ4n) is 2.41. The van der Waals surface area contributed by atoms with Gasteiger partial charge in [0.2, 0.25) is 0 Å². The molecule has 14 heavy (non-hydrogen) atoms.